The Kier molecular flexibility index (Phi) is 6.83. The van der Waals surface area contributed by atoms with Gasteiger partial charge in [-0.1, -0.05) is 141 Å². The molecule has 49 heavy (non-hydrogen) atoms. The van der Waals surface area contributed by atoms with Crippen molar-refractivity contribution >= 4 is 82.1 Å². The van der Waals surface area contributed by atoms with Crippen LogP contribution in [0.4, 0.5) is 0 Å². The van der Waals surface area contributed by atoms with Crippen LogP contribution in [0.3, 0.4) is 0 Å². The van der Waals surface area contributed by atoms with Crippen LogP contribution in [0, 0.1) is 41.5 Å². The van der Waals surface area contributed by atoms with Crippen molar-refractivity contribution in [3.05, 3.63) is 149 Å². The van der Waals surface area contributed by atoms with Gasteiger partial charge in [0.15, 0.2) is 5.65 Å². The number of rotatable bonds is 4. The Morgan fingerprint density at radius 1 is 0.592 bits per heavy atom. The third-order valence-corrected chi connectivity index (χ3v) is 11.7. The summed E-state index contributed by atoms with van der Waals surface area (Å²) >= 11 is 1.85. The van der Waals surface area contributed by atoms with E-state index in [2.05, 4.69) is 161 Å². The normalized spacial score (nSPS) is 11.9. The molecule has 0 aliphatic carbocycles. The first-order valence-electron chi connectivity index (χ1n) is 17.2. The lowest BCUT2D eigenvalue weighted by atomic mass is 9.34. The number of hydrogen-bond donors (Lipinski definition) is 0. The van der Waals surface area contributed by atoms with E-state index in [-0.39, 0.29) is 6.71 Å². The third kappa shape index (κ3) is 4.65. The van der Waals surface area contributed by atoms with Gasteiger partial charge in [-0.15, -0.1) is 11.3 Å². The third-order valence-electron chi connectivity index (χ3n) is 10.5. The molecule has 0 aliphatic rings. The molecule has 0 radical (unpaired) electrons. The fourth-order valence-corrected chi connectivity index (χ4v) is 9.83. The SMILES string of the molecule is Cc1cc(C)c(B(c2ccc(-c3cc4c(sc5ccc6ccccc6c54)c4nc5ccccc5n34)cc2)c2c(C)cc(C)cc2C)c(C)c1. The fourth-order valence-electron chi connectivity index (χ4n) is 8.65. The Bertz CT molecular complexity index is 2680. The first-order valence-corrected chi connectivity index (χ1v) is 18.0. The van der Waals surface area contributed by atoms with Gasteiger partial charge in [0.1, 0.15) is 0 Å². The van der Waals surface area contributed by atoms with E-state index < -0.39 is 0 Å². The second-order valence-corrected chi connectivity index (χ2v) is 15.0. The summed E-state index contributed by atoms with van der Waals surface area (Å²) in [4.78, 5) is 5.26. The van der Waals surface area contributed by atoms with Gasteiger partial charge in [0, 0.05) is 15.5 Å². The van der Waals surface area contributed by atoms with E-state index >= 15 is 0 Å². The van der Waals surface area contributed by atoms with Crippen LogP contribution in [0.15, 0.2) is 115 Å². The molecule has 3 aromatic heterocycles. The van der Waals surface area contributed by atoms with Crippen LogP contribution in [0.2, 0.25) is 0 Å². The molecule has 9 rings (SSSR count). The molecule has 6 aromatic carbocycles. The average Bonchev–Trinajstić information content (AvgIpc) is 3.66. The molecule has 0 fully saturated rings. The molecular formula is C45H37BN2S. The average molecular weight is 649 g/mol. The van der Waals surface area contributed by atoms with Crippen LogP contribution >= 0.6 is 11.3 Å². The molecule has 0 atom stereocenters. The number of aromatic nitrogens is 2. The number of pyridine rings is 1. The molecule has 0 unspecified atom stereocenters. The maximum absolute atomic E-state index is 5.26. The lowest BCUT2D eigenvalue weighted by Gasteiger charge is -2.25. The quantitative estimate of drug-likeness (QED) is 0.174. The van der Waals surface area contributed by atoms with Crippen LogP contribution in [0.1, 0.15) is 33.4 Å². The minimum absolute atomic E-state index is 0.138. The van der Waals surface area contributed by atoms with E-state index in [1.54, 1.807) is 0 Å². The zero-order valence-electron chi connectivity index (χ0n) is 28.8. The van der Waals surface area contributed by atoms with Crippen LogP contribution in [0.25, 0.3) is 58.9 Å². The van der Waals surface area contributed by atoms with Gasteiger partial charge in [-0.3, -0.25) is 4.40 Å². The highest BCUT2D eigenvalue weighted by Gasteiger charge is 2.28. The topological polar surface area (TPSA) is 17.3 Å². The van der Waals surface area contributed by atoms with E-state index in [0.717, 1.165) is 22.4 Å². The predicted octanol–water partition coefficient (Wildman–Crippen LogP) is 10.0. The van der Waals surface area contributed by atoms with Crippen molar-refractivity contribution in [2.45, 2.75) is 41.5 Å². The molecule has 0 saturated heterocycles. The number of benzene rings is 6. The van der Waals surface area contributed by atoms with Crippen molar-refractivity contribution in [2.24, 2.45) is 0 Å². The van der Waals surface area contributed by atoms with Crippen molar-refractivity contribution in [3.8, 4) is 11.3 Å². The van der Waals surface area contributed by atoms with E-state index in [1.165, 1.54) is 86.3 Å². The van der Waals surface area contributed by atoms with E-state index in [9.17, 15) is 0 Å². The summed E-state index contributed by atoms with van der Waals surface area (Å²) < 4.78 is 4.91. The highest BCUT2D eigenvalue weighted by Crippen LogP contribution is 2.43. The van der Waals surface area contributed by atoms with Gasteiger partial charge in [0.05, 0.1) is 21.4 Å². The van der Waals surface area contributed by atoms with Gasteiger partial charge < -0.3 is 0 Å². The molecule has 9 aromatic rings. The summed E-state index contributed by atoms with van der Waals surface area (Å²) in [7, 11) is 0. The number of para-hydroxylation sites is 2. The van der Waals surface area contributed by atoms with Crippen LogP contribution in [-0.4, -0.2) is 16.1 Å². The van der Waals surface area contributed by atoms with E-state index in [0.29, 0.717) is 0 Å². The maximum Gasteiger partial charge on any atom is 0.242 e. The Morgan fingerprint density at radius 3 is 1.88 bits per heavy atom. The molecule has 0 bridgehead atoms. The zero-order valence-corrected chi connectivity index (χ0v) is 29.7. The van der Waals surface area contributed by atoms with Crippen LogP contribution in [0.5, 0.6) is 0 Å². The first-order chi connectivity index (χ1) is 23.8. The van der Waals surface area contributed by atoms with Gasteiger partial charge in [-0.25, -0.2) is 4.98 Å². The molecule has 0 amide bonds. The minimum Gasteiger partial charge on any atom is -0.291 e. The van der Waals surface area contributed by atoms with Crippen molar-refractivity contribution in [1.29, 1.82) is 0 Å². The number of nitrogens with zero attached hydrogens (tertiary/aromatic N) is 2. The van der Waals surface area contributed by atoms with Gasteiger partial charge in [-0.05, 0) is 82.1 Å². The van der Waals surface area contributed by atoms with Crippen molar-refractivity contribution < 1.29 is 0 Å². The fraction of sp³-hybridized carbons (Fsp3) is 0.133. The molecule has 3 heterocycles. The molecule has 2 nitrogen and oxygen atoms in total. The molecule has 236 valence electrons. The summed E-state index contributed by atoms with van der Waals surface area (Å²) in [5, 5.41) is 5.15. The zero-order chi connectivity index (χ0) is 33.6. The Morgan fingerprint density at radius 2 is 1.20 bits per heavy atom. The lowest BCUT2D eigenvalue weighted by molar-refractivity contribution is 1.25. The monoisotopic (exact) mass is 648 g/mol. The second-order valence-electron chi connectivity index (χ2n) is 14.0. The minimum atomic E-state index is 0.138. The van der Waals surface area contributed by atoms with Crippen molar-refractivity contribution in [1.82, 2.24) is 9.38 Å². The lowest BCUT2D eigenvalue weighted by Crippen LogP contribution is -2.55. The summed E-state index contributed by atoms with van der Waals surface area (Å²) in [5.41, 5.74) is 17.7. The molecule has 0 spiro atoms. The van der Waals surface area contributed by atoms with Crippen LogP contribution < -0.4 is 16.4 Å². The summed E-state index contributed by atoms with van der Waals surface area (Å²) in [6.45, 7) is 13.7. The van der Waals surface area contributed by atoms with Crippen LogP contribution in [-0.2, 0) is 0 Å². The number of aryl methyl sites for hydroxylation is 6. The van der Waals surface area contributed by atoms with Gasteiger partial charge in [-0.2, -0.15) is 0 Å². The van der Waals surface area contributed by atoms with E-state index in [4.69, 9.17) is 4.98 Å². The van der Waals surface area contributed by atoms with E-state index in [1.807, 2.05) is 11.3 Å². The second kappa shape index (κ2) is 11.2. The van der Waals surface area contributed by atoms with Crippen molar-refractivity contribution in [2.75, 3.05) is 0 Å². The Balaban J connectivity index is 1.31. The molecule has 0 saturated carbocycles. The largest absolute Gasteiger partial charge is 0.291 e. The summed E-state index contributed by atoms with van der Waals surface area (Å²) in [6, 6.07) is 43.0. The highest BCUT2D eigenvalue weighted by molar-refractivity contribution is 7.26. The summed E-state index contributed by atoms with van der Waals surface area (Å²) in [5.74, 6) is 0. The van der Waals surface area contributed by atoms with Crippen molar-refractivity contribution in [3.63, 3.8) is 0 Å². The highest BCUT2D eigenvalue weighted by atomic mass is 32.1. The summed E-state index contributed by atoms with van der Waals surface area (Å²) in [6.07, 6.45) is 0. The molecule has 0 N–H and O–H groups in total. The standard InChI is InChI=1S/C45H37BN2S/c1-26-21-28(3)42(29(4)22-26)46(43-30(5)23-27(2)24-31(43)6)34-18-15-33(16-19-34)39-25-36-41-35-12-8-7-11-32(35)17-20-40(41)49-44(36)45-47-37-13-9-10-14-38(37)48(39)45/h7-25H,1-6H3. The molecule has 4 heteroatoms. The number of thiophene rings is 1. The van der Waals surface area contributed by atoms with Gasteiger partial charge >= 0.3 is 0 Å². The maximum atomic E-state index is 5.26. The first kappa shape index (κ1) is 29.9. The Hall–Kier alpha value is -5.19. The predicted molar refractivity (Wildman–Crippen MR) is 214 cm³/mol. The molecular weight excluding hydrogens is 611 g/mol. The Labute approximate surface area is 291 Å². The molecule has 0 aliphatic heterocycles. The smallest absolute Gasteiger partial charge is 0.242 e. The van der Waals surface area contributed by atoms with Gasteiger partial charge in [0.2, 0.25) is 6.71 Å². The number of hydrogen-bond acceptors (Lipinski definition) is 2. The number of imidazole rings is 1. The number of fused-ring (bicyclic) bond motifs is 9. The van der Waals surface area contributed by atoms with Gasteiger partial charge in [0.25, 0.3) is 0 Å².